The first-order valence-corrected chi connectivity index (χ1v) is 10.3. The Morgan fingerprint density at radius 2 is 1.75 bits per heavy atom. The number of para-hydroxylation sites is 1. The van der Waals surface area contributed by atoms with Gasteiger partial charge in [0.25, 0.3) is 0 Å². The monoisotopic (exact) mass is 380 g/mol. The van der Waals surface area contributed by atoms with Gasteiger partial charge in [-0.15, -0.1) is 0 Å². The zero-order valence-corrected chi connectivity index (χ0v) is 17.7. The molecule has 150 valence electrons. The zero-order valence-electron chi connectivity index (χ0n) is 17.7. The van der Waals surface area contributed by atoms with E-state index in [1.165, 1.54) is 16.7 Å². The third-order valence-electron chi connectivity index (χ3n) is 5.34. The molecule has 1 unspecified atom stereocenters. The first kappa shape index (κ1) is 20.4. The van der Waals surface area contributed by atoms with E-state index in [0.717, 1.165) is 42.0 Å². The number of unbranched alkanes of at least 4 members (excludes halogenated alkanes) is 1. The van der Waals surface area contributed by atoms with Gasteiger partial charge in [-0.2, -0.15) is 0 Å². The van der Waals surface area contributed by atoms with Crippen LogP contribution in [0.5, 0.6) is 5.75 Å². The second kappa shape index (κ2) is 8.78. The molecule has 0 aliphatic carbocycles. The molecule has 3 aromatic rings. The summed E-state index contributed by atoms with van der Waals surface area (Å²) in [6.07, 6.45) is 1.35. The summed E-state index contributed by atoms with van der Waals surface area (Å²) in [6.45, 7) is 11.9. The van der Waals surface area contributed by atoms with Crippen molar-refractivity contribution in [3.05, 3.63) is 58.9 Å². The quantitative estimate of drug-likeness (QED) is 0.511. The molecule has 0 bridgehead atoms. The molecule has 4 nitrogen and oxygen atoms in total. The highest BCUT2D eigenvalue weighted by molar-refractivity contribution is 5.78. The van der Waals surface area contributed by atoms with Gasteiger partial charge in [-0.05, 0) is 74.4 Å². The Morgan fingerprint density at radius 3 is 2.46 bits per heavy atom. The molecular weight excluding hydrogens is 348 g/mol. The fourth-order valence-electron chi connectivity index (χ4n) is 3.60. The Kier molecular flexibility index (Phi) is 6.40. The van der Waals surface area contributed by atoms with Crippen molar-refractivity contribution in [1.29, 1.82) is 0 Å². The number of imidazole rings is 1. The normalized spacial score (nSPS) is 12.7. The van der Waals surface area contributed by atoms with Gasteiger partial charge in [0.2, 0.25) is 0 Å². The van der Waals surface area contributed by atoms with Gasteiger partial charge in [0, 0.05) is 6.54 Å². The van der Waals surface area contributed by atoms with Crippen LogP contribution in [0.1, 0.15) is 68.1 Å². The number of aliphatic hydroxyl groups excluding tert-OH is 1. The number of rotatable bonds is 8. The lowest BCUT2D eigenvalue weighted by atomic mass is 10.0. The predicted molar refractivity (Wildman–Crippen MR) is 115 cm³/mol. The van der Waals surface area contributed by atoms with E-state index in [2.05, 4.69) is 67.6 Å². The van der Waals surface area contributed by atoms with Crippen molar-refractivity contribution in [1.82, 2.24) is 9.55 Å². The summed E-state index contributed by atoms with van der Waals surface area (Å²) in [5.74, 6) is 2.18. The van der Waals surface area contributed by atoms with Crippen molar-refractivity contribution >= 4 is 11.0 Å². The van der Waals surface area contributed by atoms with Crippen LogP contribution in [0.3, 0.4) is 0 Å². The summed E-state index contributed by atoms with van der Waals surface area (Å²) in [4.78, 5) is 4.67. The maximum atomic E-state index is 10.2. The molecule has 28 heavy (non-hydrogen) atoms. The summed E-state index contributed by atoms with van der Waals surface area (Å²) in [5.41, 5.74) is 5.79. The Balaban J connectivity index is 1.66. The number of hydrogen-bond acceptors (Lipinski definition) is 3. The Morgan fingerprint density at radius 1 is 1.04 bits per heavy atom. The molecule has 4 heteroatoms. The van der Waals surface area contributed by atoms with Crippen LogP contribution in [0.4, 0.5) is 0 Å². The number of benzene rings is 2. The van der Waals surface area contributed by atoms with Gasteiger partial charge in [-0.3, -0.25) is 0 Å². The SMILES string of the molecule is Cc1cc2nc(C(C)O)n(CCCCOc3ccccc3C(C)C)c2cc1C. The molecular formula is C24H32N2O2. The lowest BCUT2D eigenvalue weighted by Crippen LogP contribution is -2.08. The number of fused-ring (bicyclic) bond motifs is 1. The second-order valence-corrected chi connectivity index (χ2v) is 7.97. The minimum absolute atomic E-state index is 0.453. The molecule has 0 spiro atoms. The molecule has 1 N–H and O–H groups in total. The summed E-state index contributed by atoms with van der Waals surface area (Å²) >= 11 is 0. The number of aryl methyl sites for hydroxylation is 3. The highest BCUT2D eigenvalue weighted by Crippen LogP contribution is 2.27. The van der Waals surface area contributed by atoms with Gasteiger partial charge in [0.1, 0.15) is 17.7 Å². The number of hydrogen-bond donors (Lipinski definition) is 1. The van der Waals surface area contributed by atoms with Crippen molar-refractivity contribution in [2.45, 2.75) is 66.0 Å². The number of nitrogens with zero attached hydrogens (tertiary/aromatic N) is 2. The summed E-state index contributed by atoms with van der Waals surface area (Å²) in [7, 11) is 0. The van der Waals surface area contributed by atoms with Gasteiger partial charge in [-0.1, -0.05) is 32.0 Å². The van der Waals surface area contributed by atoms with Crippen LogP contribution < -0.4 is 4.74 Å². The van der Waals surface area contributed by atoms with E-state index in [0.29, 0.717) is 12.5 Å². The summed E-state index contributed by atoms with van der Waals surface area (Å²) in [5, 5.41) is 10.2. The highest BCUT2D eigenvalue weighted by atomic mass is 16.5. The molecule has 1 atom stereocenters. The molecule has 3 rings (SSSR count). The number of ether oxygens (including phenoxy) is 1. The van der Waals surface area contributed by atoms with E-state index in [9.17, 15) is 5.11 Å². The molecule has 1 aromatic heterocycles. The molecule has 2 aromatic carbocycles. The Bertz CT molecular complexity index is 941. The molecule has 0 radical (unpaired) electrons. The molecule has 1 heterocycles. The average molecular weight is 381 g/mol. The van der Waals surface area contributed by atoms with Crippen LogP contribution in [0.2, 0.25) is 0 Å². The number of aromatic nitrogens is 2. The van der Waals surface area contributed by atoms with Crippen molar-refractivity contribution in [2.24, 2.45) is 0 Å². The van der Waals surface area contributed by atoms with Crippen LogP contribution in [-0.2, 0) is 6.54 Å². The van der Waals surface area contributed by atoms with Gasteiger partial charge in [-0.25, -0.2) is 4.98 Å². The van der Waals surface area contributed by atoms with Crippen LogP contribution in [-0.4, -0.2) is 21.3 Å². The largest absolute Gasteiger partial charge is 0.493 e. The first-order chi connectivity index (χ1) is 13.4. The minimum atomic E-state index is -0.581. The van der Waals surface area contributed by atoms with Crippen molar-refractivity contribution in [2.75, 3.05) is 6.61 Å². The predicted octanol–water partition coefficient (Wildman–Crippen LogP) is 5.69. The average Bonchev–Trinajstić information content (AvgIpc) is 3.00. The summed E-state index contributed by atoms with van der Waals surface area (Å²) < 4.78 is 8.20. The van der Waals surface area contributed by atoms with E-state index >= 15 is 0 Å². The van der Waals surface area contributed by atoms with Gasteiger partial charge < -0.3 is 14.4 Å². The van der Waals surface area contributed by atoms with E-state index < -0.39 is 6.10 Å². The minimum Gasteiger partial charge on any atom is -0.493 e. The van der Waals surface area contributed by atoms with Crippen LogP contribution in [0.15, 0.2) is 36.4 Å². The molecule has 0 aliphatic rings. The molecule has 0 saturated carbocycles. The van der Waals surface area contributed by atoms with Crippen LogP contribution >= 0.6 is 0 Å². The third-order valence-corrected chi connectivity index (χ3v) is 5.34. The van der Waals surface area contributed by atoms with Crippen molar-refractivity contribution in [3.8, 4) is 5.75 Å². The lowest BCUT2D eigenvalue weighted by Gasteiger charge is -2.14. The van der Waals surface area contributed by atoms with Crippen molar-refractivity contribution < 1.29 is 9.84 Å². The van der Waals surface area contributed by atoms with Crippen molar-refractivity contribution in [3.63, 3.8) is 0 Å². The maximum absolute atomic E-state index is 10.2. The fraction of sp³-hybridized carbons (Fsp3) is 0.458. The summed E-state index contributed by atoms with van der Waals surface area (Å²) in [6, 6.07) is 12.6. The van der Waals surface area contributed by atoms with Crippen LogP contribution in [0.25, 0.3) is 11.0 Å². The molecule has 0 fully saturated rings. The van der Waals surface area contributed by atoms with E-state index in [1.54, 1.807) is 6.92 Å². The topological polar surface area (TPSA) is 47.3 Å². The number of aliphatic hydroxyl groups is 1. The Labute approximate surface area is 168 Å². The zero-order chi connectivity index (χ0) is 20.3. The second-order valence-electron chi connectivity index (χ2n) is 7.97. The van der Waals surface area contributed by atoms with Gasteiger partial charge in [0.15, 0.2) is 0 Å². The van der Waals surface area contributed by atoms with Gasteiger partial charge >= 0.3 is 0 Å². The highest BCUT2D eigenvalue weighted by Gasteiger charge is 2.15. The van der Waals surface area contributed by atoms with E-state index in [-0.39, 0.29) is 0 Å². The molecule has 0 amide bonds. The van der Waals surface area contributed by atoms with E-state index in [4.69, 9.17) is 4.74 Å². The smallest absolute Gasteiger partial charge is 0.138 e. The fourth-order valence-corrected chi connectivity index (χ4v) is 3.60. The Hall–Kier alpha value is -2.33. The van der Waals surface area contributed by atoms with E-state index in [1.807, 2.05) is 6.07 Å². The standard InChI is InChI=1S/C24H32N2O2/c1-16(2)20-10-6-7-11-23(20)28-13-9-8-12-26-22-15-18(4)17(3)14-21(22)25-24(26)19(5)27/h6-7,10-11,14-16,19,27H,8-9,12-13H2,1-5H3. The molecule has 0 saturated heterocycles. The first-order valence-electron chi connectivity index (χ1n) is 10.3. The third kappa shape index (κ3) is 4.39. The molecule has 0 aliphatic heterocycles. The van der Waals surface area contributed by atoms with Crippen LogP contribution in [0, 0.1) is 13.8 Å². The van der Waals surface area contributed by atoms with Gasteiger partial charge in [0.05, 0.1) is 17.6 Å². The lowest BCUT2D eigenvalue weighted by molar-refractivity contribution is 0.184. The maximum Gasteiger partial charge on any atom is 0.138 e.